The van der Waals surface area contributed by atoms with Gasteiger partial charge in [0.25, 0.3) is 0 Å². The van der Waals surface area contributed by atoms with Gasteiger partial charge in [0.1, 0.15) is 5.56 Å². The van der Waals surface area contributed by atoms with Crippen LogP contribution in [0.3, 0.4) is 0 Å². The third-order valence-electron chi connectivity index (χ3n) is 6.24. The van der Waals surface area contributed by atoms with Gasteiger partial charge in [0, 0.05) is 18.2 Å². The zero-order chi connectivity index (χ0) is 19.6. The Morgan fingerprint density at radius 2 is 1.74 bits per heavy atom. The van der Waals surface area contributed by atoms with Crippen LogP contribution in [0, 0.1) is 11.8 Å². The molecule has 0 radical (unpaired) electrons. The molecule has 27 heavy (non-hydrogen) atoms. The van der Waals surface area contributed by atoms with Crippen LogP contribution < -0.4 is 4.90 Å². The molecule has 0 atom stereocenters. The van der Waals surface area contributed by atoms with Crippen molar-refractivity contribution in [1.29, 1.82) is 0 Å². The summed E-state index contributed by atoms with van der Waals surface area (Å²) in [5.41, 5.74) is 0.145. The van der Waals surface area contributed by atoms with Crippen LogP contribution in [-0.2, 0) is 4.79 Å². The number of aromatic nitrogens is 2. The first-order chi connectivity index (χ1) is 12.9. The summed E-state index contributed by atoms with van der Waals surface area (Å²) in [7, 11) is 0. The molecule has 1 aromatic rings. The number of anilines is 1. The van der Waals surface area contributed by atoms with E-state index in [4.69, 9.17) is 0 Å². The van der Waals surface area contributed by atoms with Crippen molar-refractivity contribution in [1.82, 2.24) is 9.78 Å². The number of hydrogen-bond donors (Lipinski definition) is 1. The van der Waals surface area contributed by atoms with Crippen LogP contribution >= 0.6 is 0 Å². The zero-order valence-corrected chi connectivity index (χ0v) is 16.9. The highest BCUT2D eigenvalue weighted by Crippen LogP contribution is 2.34. The number of rotatable bonds is 5. The van der Waals surface area contributed by atoms with Crippen LogP contribution in [-0.4, -0.2) is 32.8 Å². The first kappa shape index (κ1) is 19.9. The number of hydrogen-bond acceptors (Lipinski definition) is 3. The minimum absolute atomic E-state index is 0.0231. The van der Waals surface area contributed by atoms with Crippen LogP contribution in [0.15, 0.2) is 6.20 Å². The first-order valence-corrected chi connectivity index (χ1v) is 10.5. The summed E-state index contributed by atoms with van der Waals surface area (Å²) >= 11 is 0. The Morgan fingerprint density at radius 1 is 1.11 bits per heavy atom. The highest BCUT2D eigenvalue weighted by atomic mass is 16.4. The fourth-order valence-electron chi connectivity index (χ4n) is 4.55. The van der Waals surface area contributed by atoms with E-state index in [1.807, 2.05) is 18.5 Å². The Bertz CT molecular complexity index is 668. The van der Waals surface area contributed by atoms with Crippen molar-refractivity contribution in [2.45, 2.75) is 90.6 Å². The van der Waals surface area contributed by atoms with Crippen LogP contribution in [0.2, 0.25) is 0 Å². The van der Waals surface area contributed by atoms with E-state index in [-0.39, 0.29) is 29.5 Å². The maximum Gasteiger partial charge on any atom is 0.341 e. The van der Waals surface area contributed by atoms with Gasteiger partial charge in [-0.05, 0) is 58.3 Å². The van der Waals surface area contributed by atoms with E-state index in [0.29, 0.717) is 11.7 Å². The molecule has 2 aliphatic rings. The molecule has 0 bridgehead atoms. The van der Waals surface area contributed by atoms with E-state index < -0.39 is 5.97 Å². The van der Waals surface area contributed by atoms with E-state index >= 15 is 0 Å². The number of aromatic carboxylic acids is 1. The fourth-order valence-corrected chi connectivity index (χ4v) is 4.55. The summed E-state index contributed by atoms with van der Waals surface area (Å²) < 4.78 is 1.81. The number of carboxylic acid groups (broad SMARTS) is 1. The average Bonchev–Trinajstić information content (AvgIpc) is 3.08. The SMILES string of the molecule is CC1CCC(C(=O)N(c2nn(C3CCCCC3)cc2C(=O)O)C(C)C)CC1. The maximum atomic E-state index is 13.3. The summed E-state index contributed by atoms with van der Waals surface area (Å²) in [6.07, 6.45) is 11.1. The standard InChI is InChI=1S/C21H33N3O3/c1-14(2)24(20(25)16-11-9-15(3)10-12-16)19-18(21(26)27)13-23(22-19)17-7-5-4-6-8-17/h13-17H,4-12H2,1-3H3,(H,26,27). The maximum absolute atomic E-state index is 13.3. The van der Waals surface area contributed by atoms with Gasteiger partial charge in [0.05, 0.1) is 6.04 Å². The summed E-state index contributed by atoms with van der Waals surface area (Å²) in [4.78, 5) is 26.8. The molecule has 0 aliphatic heterocycles. The number of nitrogens with zero attached hydrogens (tertiary/aromatic N) is 3. The van der Waals surface area contributed by atoms with Gasteiger partial charge in [-0.2, -0.15) is 5.10 Å². The van der Waals surface area contributed by atoms with Crippen LogP contribution in [0.4, 0.5) is 5.82 Å². The molecule has 150 valence electrons. The van der Waals surface area contributed by atoms with Crippen molar-refractivity contribution in [3.8, 4) is 0 Å². The molecule has 0 unspecified atom stereocenters. The van der Waals surface area contributed by atoms with Crippen LogP contribution in [0.1, 0.15) is 95.0 Å². The van der Waals surface area contributed by atoms with E-state index in [1.165, 1.54) is 6.42 Å². The second-order valence-electron chi connectivity index (χ2n) is 8.70. The van der Waals surface area contributed by atoms with Gasteiger partial charge in [0.15, 0.2) is 5.82 Å². The lowest BCUT2D eigenvalue weighted by molar-refractivity contribution is -0.124. The van der Waals surface area contributed by atoms with Crippen molar-refractivity contribution in [3.05, 3.63) is 11.8 Å². The Labute approximate surface area is 161 Å². The predicted octanol–water partition coefficient (Wildman–Crippen LogP) is 4.65. The third kappa shape index (κ3) is 4.36. The number of carboxylic acids is 1. The highest BCUT2D eigenvalue weighted by Gasteiger charge is 2.34. The molecule has 1 aromatic heterocycles. The molecule has 1 N–H and O–H groups in total. The predicted molar refractivity (Wildman–Crippen MR) is 105 cm³/mol. The normalized spacial score (nSPS) is 24.1. The van der Waals surface area contributed by atoms with Crippen molar-refractivity contribution in [3.63, 3.8) is 0 Å². The van der Waals surface area contributed by atoms with Gasteiger partial charge in [-0.1, -0.05) is 26.2 Å². The van der Waals surface area contributed by atoms with Gasteiger partial charge in [-0.3, -0.25) is 14.4 Å². The molecule has 6 heteroatoms. The first-order valence-electron chi connectivity index (χ1n) is 10.5. The molecular weight excluding hydrogens is 342 g/mol. The van der Waals surface area contributed by atoms with E-state index in [1.54, 1.807) is 11.1 Å². The molecule has 0 spiro atoms. The summed E-state index contributed by atoms with van der Waals surface area (Å²) in [5.74, 6) is -0.00511. The van der Waals surface area contributed by atoms with Crippen molar-refractivity contribution >= 4 is 17.7 Å². The van der Waals surface area contributed by atoms with Gasteiger partial charge >= 0.3 is 5.97 Å². The van der Waals surface area contributed by atoms with Crippen molar-refractivity contribution in [2.24, 2.45) is 11.8 Å². The van der Waals surface area contributed by atoms with E-state index in [0.717, 1.165) is 51.4 Å². The number of amides is 1. The van der Waals surface area contributed by atoms with Gasteiger partial charge < -0.3 is 5.11 Å². The molecule has 0 saturated heterocycles. The smallest absolute Gasteiger partial charge is 0.341 e. The Kier molecular flexibility index (Phi) is 6.22. The van der Waals surface area contributed by atoms with Gasteiger partial charge in [-0.15, -0.1) is 0 Å². The van der Waals surface area contributed by atoms with E-state index in [9.17, 15) is 14.7 Å². The monoisotopic (exact) mass is 375 g/mol. The highest BCUT2D eigenvalue weighted by molar-refractivity contribution is 6.01. The second-order valence-corrected chi connectivity index (χ2v) is 8.70. The fraction of sp³-hybridized carbons (Fsp3) is 0.762. The van der Waals surface area contributed by atoms with Crippen LogP contribution in [0.25, 0.3) is 0 Å². The molecule has 3 rings (SSSR count). The largest absolute Gasteiger partial charge is 0.477 e. The lowest BCUT2D eigenvalue weighted by Gasteiger charge is -2.32. The summed E-state index contributed by atoms with van der Waals surface area (Å²) in [6.45, 7) is 6.11. The molecule has 1 heterocycles. The Balaban J connectivity index is 1.90. The average molecular weight is 376 g/mol. The summed E-state index contributed by atoms with van der Waals surface area (Å²) in [5, 5.41) is 14.4. The minimum atomic E-state index is -1.01. The molecule has 2 saturated carbocycles. The molecule has 2 fully saturated rings. The molecule has 2 aliphatic carbocycles. The lowest BCUT2D eigenvalue weighted by Crippen LogP contribution is -2.43. The van der Waals surface area contributed by atoms with E-state index in [2.05, 4.69) is 12.0 Å². The molecule has 0 aromatic carbocycles. The molecule has 1 amide bonds. The summed E-state index contributed by atoms with van der Waals surface area (Å²) in [6, 6.07) is 0.120. The quantitative estimate of drug-likeness (QED) is 0.812. The minimum Gasteiger partial charge on any atom is -0.477 e. The van der Waals surface area contributed by atoms with Crippen LogP contribution in [0.5, 0.6) is 0 Å². The van der Waals surface area contributed by atoms with Crippen molar-refractivity contribution < 1.29 is 14.7 Å². The zero-order valence-electron chi connectivity index (χ0n) is 16.9. The molecule has 6 nitrogen and oxygen atoms in total. The third-order valence-corrected chi connectivity index (χ3v) is 6.24. The lowest BCUT2D eigenvalue weighted by atomic mass is 9.82. The second kappa shape index (κ2) is 8.44. The number of carbonyl (C=O) groups is 2. The Hall–Kier alpha value is -1.85. The number of carbonyl (C=O) groups excluding carboxylic acids is 1. The Morgan fingerprint density at radius 3 is 2.30 bits per heavy atom. The molecular formula is C21H33N3O3. The van der Waals surface area contributed by atoms with Gasteiger partial charge in [0.2, 0.25) is 5.91 Å². The topological polar surface area (TPSA) is 75.4 Å². The van der Waals surface area contributed by atoms with Crippen molar-refractivity contribution in [2.75, 3.05) is 4.90 Å². The van der Waals surface area contributed by atoms with Gasteiger partial charge in [-0.25, -0.2) is 4.79 Å².